The SMILES string of the molecule is N#Cc1ccc(OC2CN(C(=O)COc3cccnc3)C2)nc1. The zero-order chi connectivity index (χ0) is 16.1. The van der Waals surface area contributed by atoms with Crippen LogP contribution in [0.3, 0.4) is 0 Å². The second-order valence-electron chi connectivity index (χ2n) is 5.01. The van der Waals surface area contributed by atoms with Gasteiger partial charge in [-0.2, -0.15) is 5.26 Å². The van der Waals surface area contributed by atoms with Gasteiger partial charge in [0.15, 0.2) is 6.61 Å². The third-order valence-electron chi connectivity index (χ3n) is 3.35. The Morgan fingerprint density at radius 1 is 1.35 bits per heavy atom. The lowest BCUT2D eigenvalue weighted by atomic mass is 10.1. The lowest BCUT2D eigenvalue weighted by Gasteiger charge is -2.38. The number of likely N-dealkylation sites (tertiary alicyclic amines) is 1. The summed E-state index contributed by atoms with van der Waals surface area (Å²) in [5.74, 6) is 0.921. The summed E-state index contributed by atoms with van der Waals surface area (Å²) in [5.41, 5.74) is 0.482. The van der Waals surface area contributed by atoms with Crippen LogP contribution in [0.2, 0.25) is 0 Å². The standard InChI is InChI=1S/C16H14N4O3/c17-6-12-3-4-15(19-7-12)23-14-9-20(10-14)16(21)11-22-13-2-1-5-18-8-13/h1-5,7-8,14H,9-11H2. The fourth-order valence-electron chi connectivity index (χ4n) is 2.07. The highest BCUT2D eigenvalue weighted by atomic mass is 16.5. The topological polar surface area (TPSA) is 88.3 Å². The average Bonchev–Trinajstić information content (AvgIpc) is 2.57. The maximum Gasteiger partial charge on any atom is 0.260 e. The van der Waals surface area contributed by atoms with Gasteiger partial charge in [-0.15, -0.1) is 0 Å². The number of aromatic nitrogens is 2. The summed E-state index contributed by atoms with van der Waals surface area (Å²) in [6, 6.07) is 8.78. The molecule has 7 nitrogen and oxygen atoms in total. The van der Waals surface area contributed by atoms with E-state index in [9.17, 15) is 4.79 Å². The van der Waals surface area contributed by atoms with Crippen molar-refractivity contribution in [2.24, 2.45) is 0 Å². The van der Waals surface area contributed by atoms with Crippen LogP contribution in [0.25, 0.3) is 0 Å². The molecule has 0 bridgehead atoms. The number of ether oxygens (including phenoxy) is 2. The summed E-state index contributed by atoms with van der Waals surface area (Å²) in [6.45, 7) is 0.974. The Labute approximate surface area is 133 Å². The van der Waals surface area contributed by atoms with E-state index in [2.05, 4.69) is 9.97 Å². The summed E-state index contributed by atoms with van der Waals surface area (Å²) in [6.07, 6.45) is 4.58. The molecule has 0 unspecified atom stereocenters. The molecule has 0 spiro atoms. The number of carbonyl (C=O) groups is 1. The number of pyridine rings is 2. The summed E-state index contributed by atoms with van der Waals surface area (Å²) in [4.78, 5) is 21.6. The molecule has 3 rings (SSSR count). The van der Waals surface area contributed by atoms with Crippen molar-refractivity contribution < 1.29 is 14.3 Å². The van der Waals surface area contributed by atoms with Crippen LogP contribution < -0.4 is 9.47 Å². The molecule has 7 heteroatoms. The molecule has 3 heterocycles. The Kier molecular flexibility index (Phi) is 4.34. The minimum absolute atomic E-state index is 0.0203. The summed E-state index contributed by atoms with van der Waals surface area (Å²) < 4.78 is 11.0. The van der Waals surface area contributed by atoms with E-state index in [-0.39, 0.29) is 18.6 Å². The van der Waals surface area contributed by atoms with Gasteiger partial charge >= 0.3 is 0 Å². The lowest BCUT2D eigenvalue weighted by Crippen LogP contribution is -2.57. The van der Waals surface area contributed by atoms with Crippen molar-refractivity contribution in [3.8, 4) is 17.7 Å². The van der Waals surface area contributed by atoms with Gasteiger partial charge < -0.3 is 14.4 Å². The molecule has 0 aromatic carbocycles. The predicted octanol–water partition coefficient (Wildman–Crippen LogP) is 1.02. The van der Waals surface area contributed by atoms with Crippen LogP contribution in [0.1, 0.15) is 5.56 Å². The number of hydrogen-bond acceptors (Lipinski definition) is 6. The van der Waals surface area contributed by atoms with E-state index in [1.165, 1.54) is 6.20 Å². The van der Waals surface area contributed by atoms with E-state index in [4.69, 9.17) is 14.7 Å². The first-order valence-corrected chi connectivity index (χ1v) is 7.08. The minimum atomic E-state index is -0.0958. The Balaban J connectivity index is 1.41. The largest absolute Gasteiger partial charge is 0.482 e. The maximum absolute atomic E-state index is 12.0. The molecule has 0 saturated carbocycles. The fourth-order valence-corrected chi connectivity index (χ4v) is 2.07. The molecule has 0 atom stereocenters. The Hall–Kier alpha value is -3.14. The molecule has 0 aliphatic carbocycles. The summed E-state index contributed by atoms with van der Waals surface area (Å²) in [5, 5.41) is 8.71. The molecule has 1 aliphatic heterocycles. The molecule has 116 valence electrons. The Morgan fingerprint density at radius 3 is 2.87 bits per heavy atom. The van der Waals surface area contributed by atoms with Gasteiger partial charge in [0.1, 0.15) is 17.9 Å². The molecule has 0 N–H and O–H groups in total. The van der Waals surface area contributed by atoms with Gasteiger partial charge in [0, 0.05) is 18.5 Å². The molecule has 1 saturated heterocycles. The summed E-state index contributed by atoms with van der Waals surface area (Å²) >= 11 is 0. The van der Waals surface area contributed by atoms with Gasteiger partial charge in [-0.3, -0.25) is 9.78 Å². The normalized spacial score (nSPS) is 13.8. The zero-order valence-corrected chi connectivity index (χ0v) is 12.3. The highest BCUT2D eigenvalue weighted by Gasteiger charge is 2.32. The maximum atomic E-state index is 12.0. The zero-order valence-electron chi connectivity index (χ0n) is 12.3. The number of nitriles is 1. The molecule has 1 amide bonds. The second-order valence-corrected chi connectivity index (χ2v) is 5.01. The molecular formula is C16H14N4O3. The van der Waals surface area contributed by atoms with Crippen molar-refractivity contribution >= 4 is 5.91 Å². The Morgan fingerprint density at radius 2 is 2.22 bits per heavy atom. The molecule has 23 heavy (non-hydrogen) atoms. The number of nitrogens with zero attached hydrogens (tertiary/aromatic N) is 4. The highest BCUT2D eigenvalue weighted by Crippen LogP contribution is 2.17. The van der Waals surface area contributed by atoms with Crippen LogP contribution in [0, 0.1) is 11.3 Å². The number of carbonyl (C=O) groups excluding carboxylic acids is 1. The monoisotopic (exact) mass is 310 g/mol. The van der Waals surface area contributed by atoms with Crippen LogP contribution in [0.5, 0.6) is 11.6 Å². The van der Waals surface area contributed by atoms with Crippen molar-refractivity contribution in [1.82, 2.24) is 14.9 Å². The third kappa shape index (κ3) is 3.74. The van der Waals surface area contributed by atoms with Crippen LogP contribution >= 0.6 is 0 Å². The molecule has 2 aromatic heterocycles. The van der Waals surface area contributed by atoms with Crippen molar-refractivity contribution in [3.63, 3.8) is 0 Å². The van der Waals surface area contributed by atoms with Gasteiger partial charge in [0.2, 0.25) is 5.88 Å². The number of rotatable bonds is 5. The van der Waals surface area contributed by atoms with E-state index in [1.807, 2.05) is 6.07 Å². The first-order valence-electron chi connectivity index (χ1n) is 7.08. The van der Waals surface area contributed by atoms with Crippen LogP contribution in [0.4, 0.5) is 0 Å². The molecule has 1 fully saturated rings. The highest BCUT2D eigenvalue weighted by molar-refractivity contribution is 5.78. The lowest BCUT2D eigenvalue weighted by molar-refractivity contribution is -0.142. The Bertz CT molecular complexity index is 706. The van der Waals surface area contributed by atoms with Gasteiger partial charge in [-0.25, -0.2) is 4.98 Å². The van der Waals surface area contributed by atoms with Crippen LogP contribution in [0.15, 0.2) is 42.9 Å². The first-order chi connectivity index (χ1) is 11.2. The number of amides is 1. The van der Waals surface area contributed by atoms with Gasteiger partial charge in [-0.1, -0.05) is 0 Å². The molecular weight excluding hydrogens is 296 g/mol. The van der Waals surface area contributed by atoms with Gasteiger partial charge in [-0.05, 0) is 18.2 Å². The van der Waals surface area contributed by atoms with Crippen LogP contribution in [-0.4, -0.2) is 46.6 Å². The van der Waals surface area contributed by atoms with Crippen molar-refractivity contribution in [1.29, 1.82) is 5.26 Å². The quantitative estimate of drug-likeness (QED) is 0.819. The van der Waals surface area contributed by atoms with E-state index in [1.54, 1.807) is 41.6 Å². The van der Waals surface area contributed by atoms with Crippen molar-refractivity contribution in [2.75, 3.05) is 19.7 Å². The minimum Gasteiger partial charge on any atom is -0.482 e. The van der Waals surface area contributed by atoms with E-state index < -0.39 is 0 Å². The van der Waals surface area contributed by atoms with Gasteiger partial charge in [0.05, 0.1) is 24.8 Å². The fraction of sp³-hybridized carbons (Fsp3) is 0.250. The number of hydrogen-bond donors (Lipinski definition) is 0. The van der Waals surface area contributed by atoms with Crippen LogP contribution in [-0.2, 0) is 4.79 Å². The predicted molar refractivity (Wildman–Crippen MR) is 79.7 cm³/mol. The molecule has 0 radical (unpaired) electrons. The van der Waals surface area contributed by atoms with Crippen molar-refractivity contribution in [3.05, 3.63) is 48.4 Å². The van der Waals surface area contributed by atoms with E-state index >= 15 is 0 Å². The van der Waals surface area contributed by atoms with Gasteiger partial charge in [0.25, 0.3) is 5.91 Å². The average molecular weight is 310 g/mol. The van der Waals surface area contributed by atoms with Crippen molar-refractivity contribution in [2.45, 2.75) is 6.10 Å². The van der Waals surface area contributed by atoms with E-state index in [0.717, 1.165) is 0 Å². The summed E-state index contributed by atoms with van der Waals surface area (Å²) in [7, 11) is 0. The second kappa shape index (κ2) is 6.75. The smallest absolute Gasteiger partial charge is 0.260 e. The molecule has 2 aromatic rings. The van der Waals surface area contributed by atoms with E-state index in [0.29, 0.717) is 30.3 Å². The first kappa shape index (κ1) is 14.8. The third-order valence-corrected chi connectivity index (χ3v) is 3.35. The molecule has 1 aliphatic rings.